The first-order chi connectivity index (χ1) is 9.16. The summed E-state index contributed by atoms with van der Waals surface area (Å²) < 4.78 is 2.61. The molecule has 3 nitrogen and oxygen atoms in total. The summed E-state index contributed by atoms with van der Waals surface area (Å²) in [5.41, 5.74) is 2.33. The summed E-state index contributed by atoms with van der Waals surface area (Å²) >= 11 is 3.37. The molecule has 3 aromatic rings. The molecule has 0 radical (unpaired) electrons. The number of hydrogen-bond donors (Lipinski definition) is 0. The minimum atomic E-state index is -0.0568. The highest BCUT2D eigenvalue weighted by molar-refractivity contribution is 9.10. The average molecular weight is 315 g/mol. The van der Waals surface area contributed by atoms with Gasteiger partial charge in [-0.1, -0.05) is 28.1 Å². The predicted molar refractivity (Wildman–Crippen MR) is 78.3 cm³/mol. The molecule has 94 valence electrons. The number of halogens is 1. The van der Waals surface area contributed by atoms with Crippen LogP contribution in [0.1, 0.15) is 16.2 Å². The van der Waals surface area contributed by atoms with Crippen LogP contribution in [-0.4, -0.2) is 15.5 Å². The number of aromatic nitrogens is 2. The van der Waals surface area contributed by atoms with E-state index in [1.807, 2.05) is 43.3 Å². The van der Waals surface area contributed by atoms with Crippen LogP contribution in [0.15, 0.2) is 53.0 Å². The van der Waals surface area contributed by atoms with E-state index < -0.39 is 0 Å². The number of benzene rings is 2. The van der Waals surface area contributed by atoms with Gasteiger partial charge in [0.1, 0.15) is 5.82 Å². The Kier molecular flexibility index (Phi) is 2.95. The second-order valence-electron chi connectivity index (χ2n) is 4.30. The molecule has 19 heavy (non-hydrogen) atoms. The summed E-state index contributed by atoms with van der Waals surface area (Å²) in [5, 5.41) is 0. The lowest BCUT2D eigenvalue weighted by atomic mass is 10.2. The van der Waals surface area contributed by atoms with Crippen molar-refractivity contribution in [2.24, 2.45) is 0 Å². The highest BCUT2D eigenvalue weighted by atomic mass is 79.9. The van der Waals surface area contributed by atoms with E-state index in [-0.39, 0.29) is 5.91 Å². The SMILES string of the molecule is Cc1nc2ccccc2n1C(=O)c1ccc(Br)cc1. The van der Waals surface area contributed by atoms with Crippen LogP contribution in [0, 0.1) is 6.92 Å². The number of imidazole rings is 1. The van der Waals surface area contributed by atoms with Gasteiger partial charge in [0.2, 0.25) is 0 Å². The lowest BCUT2D eigenvalue weighted by molar-refractivity contribution is 0.0962. The van der Waals surface area contributed by atoms with E-state index in [1.165, 1.54) is 0 Å². The summed E-state index contributed by atoms with van der Waals surface area (Å²) in [6, 6.07) is 15.0. The standard InChI is InChI=1S/C15H11BrN2O/c1-10-17-13-4-2-3-5-14(13)18(10)15(19)11-6-8-12(16)9-7-11/h2-9H,1H3. The summed E-state index contributed by atoms with van der Waals surface area (Å²) in [7, 11) is 0. The van der Waals surface area contributed by atoms with Gasteiger partial charge in [-0.2, -0.15) is 0 Å². The van der Waals surface area contributed by atoms with Crippen LogP contribution in [-0.2, 0) is 0 Å². The number of para-hydroxylation sites is 2. The van der Waals surface area contributed by atoms with E-state index in [2.05, 4.69) is 20.9 Å². The van der Waals surface area contributed by atoms with Crippen LogP contribution in [0.25, 0.3) is 11.0 Å². The molecule has 1 aromatic heterocycles. The van der Waals surface area contributed by atoms with Crippen molar-refractivity contribution in [3.8, 4) is 0 Å². The molecular weight excluding hydrogens is 304 g/mol. The molecule has 0 N–H and O–H groups in total. The molecule has 3 rings (SSSR count). The van der Waals surface area contributed by atoms with E-state index in [4.69, 9.17) is 0 Å². The molecule has 0 atom stereocenters. The second kappa shape index (κ2) is 4.63. The van der Waals surface area contributed by atoms with Crippen molar-refractivity contribution in [1.29, 1.82) is 0 Å². The number of fused-ring (bicyclic) bond motifs is 1. The summed E-state index contributed by atoms with van der Waals surface area (Å²) in [6.07, 6.45) is 0. The molecule has 0 fully saturated rings. The Labute approximate surface area is 119 Å². The summed E-state index contributed by atoms with van der Waals surface area (Å²) in [6.45, 7) is 1.84. The monoisotopic (exact) mass is 314 g/mol. The summed E-state index contributed by atoms with van der Waals surface area (Å²) in [5.74, 6) is 0.646. The molecule has 2 aromatic carbocycles. The number of carbonyl (C=O) groups is 1. The normalized spacial score (nSPS) is 10.8. The van der Waals surface area contributed by atoms with Crippen molar-refractivity contribution in [3.63, 3.8) is 0 Å². The third-order valence-corrected chi connectivity index (χ3v) is 3.55. The fraction of sp³-hybridized carbons (Fsp3) is 0.0667. The van der Waals surface area contributed by atoms with Gasteiger partial charge in [0.05, 0.1) is 11.0 Å². The first-order valence-electron chi connectivity index (χ1n) is 5.91. The van der Waals surface area contributed by atoms with Gasteiger partial charge in [0, 0.05) is 10.0 Å². The van der Waals surface area contributed by atoms with Gasteiger partial charge >= 0.3 is 0 Å². The van der Waals surface area contributed by atoms with E-state index in [0.717, 1.165) is 15.5 Å². The third kappa shape index (κ3) is 2.08. The molecule has 0 aliphatic heterocycles. The van der Waals surface area contributed by atoms with Gasteiger partial charge in [0.25, 0.3) is 5.91 Å². The maximum atomic E-state index is 12.6. The van der Waals surface area contributed by atoms with Gasteiger partial charge in [-0.15, -0.1) is 0 Å². The quantitative estimate of drug-likeness (QED) is 0.685. The van der Waals surface area contributed by atoms with Crippen LogP contribution >= 0.6 is 15.9 Å². The largest absolute Gasteiger partial charge is 0.268 e. The van der Waals surface area contributed by atoms with Crippen molar-refractivity contribution in [1.82, 2.24) is 9.55 Å². The summed E-state index contributed by atoms with van der Waals surface area (Å²) in [4.78, 5) is 17.0. The Balaban J connectivity index is 2.16. The number of hydrogen-bond acceptors (Lipinski definition) is 2. The molecule has 0 aliphatic carbocycles. The van der Waals surface area contributed by atoms with Gasteiger partial charge in [-0.05, 0) is 43.3 Å². The van der Waals surface area contributed by atoms with E-state index in [1.54, 1.807) is 16.7 Å². The van der Waals surface area contributed by atoms with Crippen LogP contribution < -0.4 is 0 Å². The van der Waals surface area contributed by atoms with Gasteiger partial charge in [-0.3, -0.25) is 9.36 Å². The van der Waals surface area contributed by atoms with Crippen molar-refractivity contribution < 1.29 is 4.79 Å². The highest BCUT2D eigenvalue weighted by Gasteiger charge is 2.15. The molecule has 0 saturated carbocycles. The molecule has 0 spiro atoms. The van der Waals surface area contributed by atoms with Gasteiger partial charge in [0.15, 0.2) is 0 Å². The van der Waals surface area contributed by atoms with Gasteiger partial charge < -0.3 is 0 Å². The number of nitrogens with zero attached hydrogens (tertiary/aromatic N) is 2. The zero-order valence-electron chi connectivity index (χ0n) is 10.3. The van der Waals surface area contributed by atoms with Crippen LogP contribution in [0.5, 0.6) is 0 Å². The average Bonchev–Trinajstić information content (AvgIpc) is 2.74. The Morgan fingerprint density at radius 3 is 2.53 bits per heavy atom. The predicted octanol–water partition coefficient (Wildman–Crippen LogP) is 3.80. The molecule has 0 unspecified atom stereocenters. The zero-order valence-corrected chi connectivity index (χ0v) is 11.9. The Morgan fingerprint density at radius 1 is 1.11 bits per heavy atom. The second-order valence-corrected chi connectivity index (χ2v) is 5.21. The first kappa shape index (κ1) is 12.1. The van der Waals surface area contributed by atoms with Crippen molar-refractivity contribution >= 4 is 32.9 Å². The smallest absolute Gasteiger partial charge is 0.263 e. The number of carbonyl (C=O) groups excluding carboxylic acids is 1. The Morgan fingerprint density at radius 2 is 1.79 bits per heavy atom. The van der Waals surface area contributed by atoms with Crippen molar-refractivity contribution in [2.45, 2.75) is 6.92 Å². The molecule has 0 amide bonds. The van der Waals surface area contributed by atoms with Crippen LogP contribution in [0.3, 0.4) is 0 Å². The van der Waals surface area contributed by atoms with Gasteiger partial charge in [-0.25, -0.2) is 4.98 Å². The lowest BCUT2D eigenvalue weighted by Crippen LogP contribution is -2.13. The Bertz CT molecular complexity index is 759. The number of rotatable bonds is 1. The lowest BCUT2D eigenvalue weighted by Gasteiger charge is -2.05. The maximum absolute atomic E-state index is 12.6. The Hall–Kier alpha value is -1.94. The fourth-order valence-electron chi connectivity index (χ4n) is 2.12. The highest BCUT2D eigenvalue weighted by Crippen LogP contribution is 2.18. The topological polar surface area (TPSA) is 34.9 Å². The molecule has 1 heterocycles. The molecule has 0 bridgehead atoms. The van der Waals surface area contributed by atoms with E-state index in [0.29, 0.717) is 11.4 Å². The van der Waals surface area contributed by atoms with Crippen LogP contribution in [0.2, 0.25) is 0 Å². The molecule has 0 aliphatic rings. The first-order valence-corrected chi connectivity index (χ1v) is 6.70. The minimum absolute atomic E-state index is 0.0568. The molecular formula is C15H11BrN2O. The third-order valence-electron chi connectivity index (χ3n) is 3.02. The van der Waals surface area contributed by atoms with Crippen molar-refractivity contribution in [2.75, 3.05) is 0 Å². The minimum Gasteiger partial charge on any atom is -0.268 e. The van der Waals surface area contributed by atoms with Crippen molar-refractivity contribution in [3.05, 3.63) is 64.4 Å². The van der Waals surface area contributed by atoms with Crippen LogP contribution in [0.4, 0.5) is 0 Å². The fourth-order valence-corrected chi connectivity index (χ4v) is 2.39. The maximum Gasteiger partial charge on any atom is 0.263 e. The van der Waals surface area contributed by atoms with E-state index in [9.17, 15) is 4.79 Å². The zero-order chi connectivity index (χ0) is 13.4. The van der Waals surface area contributed by atoms with E-state index >= 15 is 0 Å². The number of aryl methyl sites for hydroxylation is 1. The molecule has 4 heteroatoms. The molecule has 0 saturated heterocycles.